The summed E-state index contributed by atoms with van der Waals surface area (Å²) in [7, 11) is 1.82. The second-order valence-corrected chi connectivity index (χ2v) is 6.55. The highest BCUT2D eigenvalue weighted by Gasteiger charge is 2.14. The van der Waals surface area contributed by atoms with Gasteiger partial charge in [-0.1, -0.05) is 23.7 Å². The van der Waals surface area contributed by atoms with E-state index in [-0.39, 0.29) is 5.91 Å². The Labute approximate surface area is 151 Å². The van der Waals surface area contributed by atoms with E-state index in [1.807, 2.05) is 45.2 Å². The molecule has 0 bridgehead atoms. The van der Waals surface area contributed by atoms with Crippen LogP contribution in [0.1, 0.15) is 28.9 Å². The normalized spacial score (nSPS) is 11.0. The molecule has 3 aromatic rings. The Balaban J connectivity index is 1.66. The van der Waals surface area contributed by atoms with Crippen LogP contribution in [0.4, 0.5) is 0 Å². The molecule has 0 aliphatic rings. The maximum absolute atomic E-state index is 12.5. The summed E-state index contributed by atoms with van der Waals surface area (Å²) in [4.78, 5) is 22.8. The van der Waals surface area contributed by atoms with Crippen LogP contribution < -0.4 is 0 Å². The second-order valence-electron chi connectivity index (χ2n) is 6.11. The molecule has 25 heavy (non-hydrogen) atoms. The van der Waals surface area contributed by atoms with E-state index in [1.165, 1.54) is 6.33 Å². The van der Waals surface area contributed by atoms with E-state index in [2.05, 4.69) is 15.1 Å². The number of hydrogen-bond acceptors (Lipinski definition) is 4. The molecule has 130 valence electrons. The number of aromatic nitrogens is 4. The third-order valence-corrected chi connectivity index (χ3v) is 4.59. The van der Waals surface area contributed by atoms with Crippen LogP contribution in [0.15, 0.2) is 30.6 Å². The van der Waals surface area contributed by atoms with Crippen molar-refractivity contribution < 1.29 is 4.79 Å². The highest BCUT2D eigenvalue weighted by molar-refractivity contribution is 6.30. The minimum atomic E-state index is 0.0902. The molecule has 0 saturated carbocycles. The number of amides is 1. The fourth-order valence-corrected chi connectivity index (χ4v) is 3.02. The number of carbonyl (C=O) groups is 1. The molecule has 0 aliphatic heterocycles. The van der Waals surface area contributed by atoms with Crippen molar-refractivity contribution >= 4 is 23.3 Å². The molecule has 0 fully saturated rings. The van der Waals surface area contributed by atoms with Crippen molar-refractivity contribution in [2.24, 2.45) is 0 Å². The number of fused-ring (bicyclic) bond motifs is 1. The topological polar surface area (TPSA) is 63.4 Å². The van der Waals surface area contributed by atoms with Crippen LogP contribution in [0.2, 0.25) is 5.02 Å². The van der Waals surface area contributed by atoms with Crippen LogP contribution in [-0.2, 0) is 17.8 Å². The molecule has 0 N–H and O–H groups in total. The molecular formula is C18H20ClN5O. The standard InChI is InChI=1S/C18H20ClN5O/c1-12-16(13(2)24-18(22-12)20-11-21-24)8-9-17(25)23(3)10-14-4-6-15(19)7-5-14/h4-7,11H,8-10H2,1-3H3. The molecule has 0 radical (unpaired) electrons. The van der Waals surface area contributed by atoms with E-state index in [4.69, 9.17) is 11.6 Å². The number of carbonyl (C=O) groups excluding carboxylic acids is 1. The monoisotopic (exact) mass is 357 g/mol. The maximum Gasteiger partial charge on any atom is 0.252 e. The summed E-state index contributed by atoms with van der Waals surface area (Å²) in [5, 5.41) is 4.88. The summed E-state index contributed by atoms with van der Waals surface area (Å²) < 4.78 is 1.71. The summed E-state index contributed by atoms with van der Waals surface area (Å²) in [5.74, 6) is 0.678. The van der Waals surface area contributed by atoms with Gasteiger partial charge in [0.1, 0.15) is 6.33 Å². The Morgan fingerprint density at radius 1 is 1.24 bits per heavy atom. The van der Waals surface area contributed by atoms with Gasteiger partial charge in [0.15, 0.2) is 0 Å². The fraction of sp³-hybridized carbons (Fsp3) is 0.333. The SMILES string of the molecule is Cc1nc2ncnn2c(C)c1CCC(=O)N(C)Cc1ccc(Cl)cc1. The Bertz CT molecular complexity index is 904. The maximum atomic E-state index is 12.5. The van der Waals surface area contributed by atoms with Crippen molar-refractivity contribution in [1.82, 2.24) is 24.5 Å². The van der Waals surface area contributed by atoms with E-state index in [0.29, 0.717) is 30.2 Å². The lowest BCUT2D eigenvalue weighted by Crippen LogP contribution is -2.26. The number of rotatable bonds is 5. The average Bonchev–Trinajstić information content (AvgIpc) is 3.05. The van der Waals surface area contributed by atoms with Gasteiger partial charge in [-0.05, 0) is 43.5 Å². The van der Waals surface area contributed by atoms with Crippen molar-refractivity contribution in [3.05, 3.63) is 58.1 Å². The summed E-state index contributed by atoms with van der Waals surface area (Å²) in [6.45, 7) is 4.49. The van der Waals surface area contributed by atoms with Gasteiger partial charge < -0.3 is 4.90 Å². The molecule has 1 amide bonds. The summed E-state index contributed by atoms with van der Waals surface area (Å²) in [5.41, 5.74) is 3.98. The second kappa shape index (κ2) is 7.19. The smallest absolute Gasteiger partial charge is 0.252 e. The van der Waals surface area contributed by atoms with Crippen molar-refractivity contribution in [2.45, 2.75) is 33.2 Å². The summed E-state index contributed by atoms with van der Waals surface area (Å²) in [6.07, 6.45) is 2.54. The van der Waals surface area contributed by atoms with Crippen LogP contribution in [0.25, 0.3) is 5.78 Å². The highest BCUT2D eigenvalue weighted by Crippen LogP contribution is 2.16. The fourth-order valence-electron chi connectivity index (χ4n) is 2.89. The van der Waals surface area contributed by atoms with Crippen LogP contribution >= 0.6 is 11.6 Å². The van der Waals surface area contributed by atoms with E-state index in [1.54, 1.807) is 9.42 Å². The van der Waals surface area contributed by atoms with Crippen molar-refractivity contribution in [3.63, 3.8) is 0 Å². The van der Waals surface area contributed by atoms with Gasteiger partial charge >= 0.3 is 0 Å². The third kappa shape index (κ3) is 3.79. The van der Waals surface area contributed by atoms with Gasteiger partial charge in [-0.3, -0.25) is 4.79 Å². The zero-order chi connectivity index (χ0) is 18.0. The van der Waals surface area contributed by atoms with Crippen LogP contribution in [-0.4, -0.2) is 37.4 Å². The Kier molecular flexibility index (Phi) is 4.99. The zero-order valence-electron chi connectivity index (χ0n) is 14.5. The first-order valence-electron chi connectivity index (χ1n) is 8.10. The Hall–Kier alpha value is -2.47. The lowest BCUT2D eigenvalue weighted by Gasteiger charge is -2.18. The first kappa shape index (κ1) is 17.4. The quantitative estimate of drug-likeness (QED) is 0.704. The molecule has 1 aromatic carbocycles. The number of aryl methyl sites for hydroxylation is 2. The van der Waals surface area contributed by atoms with Gasteiger partial charge in [0.25, 0.3) is 5.78 Å². The molecular weight excluding hydrogens is 338 g/mol. The first-order valence-corrected chi connectivity index (χ1v) is 8.47. The van der Waals surface area contributed by atoms with Crippen LogP contribution in [0.3, 0.4) is 0 Å². The molecule has 0 aliphatic carbocycles. The van der Waals surface area contributed by atoms with Crippen molar-refractivity contribution in [3.8, 4) is 0 Å². The first-order chi connectivity index (χ1) is 12.0. The van der Waals surface area contributed by atoms with E-state index in [9.17, 15) is 4.79 Å². The lowest BCUT2D eigenvalue weighted by atomic mass is 10.1. The molecule has 2 aromatic heterocycles. The molecule has 0 atom stereocenters. The van der Waals surface area contributed by atoms with Gasteiger partial charge in [-0.2, -0.15) is 10.1 Å². The van der Waals surface area contributed by atoms with Gasteiger partial charge in [-0.25, -0.2) is 9.50 Å². The van der Waals surface area contributed by atoms with Gasteiger partial charge in [0, 0.05) is 36.4 Å². The largest absolute Gasteiger partial charge is 0.341 e. The molecule has 0 spiro atoms. The number of benzene rings is 1. The average molecular weight is 358 g/mol. The van der Waals surface area contributed by atoms with Gasteiger partial charge in [0.2, 0.25) is 5.91 Å². The predicted octanol–water partition coefficient (Wildman–Crippen LogP) is 2.99. The molecule has 2 heterocycles. The minimum absolute atomic E-state index is 0.0902. The molecule has 3 rings (SSSR count). The Morgan fingerprint density at radius 2 is 1.96 bits per heavy atom. The summed E-state index contributed by atoms with van der Waals surface area (Å²) in [6, 6.07) is 7.54. The minimum Gasteiger partial charge on any atom is -0.341 e. The lowest BCUT2D eigenvalue weighted by molar-refractivity contribution is -0.130. The van der Waals surface area contributed by atoms with Crippen LogP contribution in [0, 0.1) is 13.8 Å². The molecule has 0 saturated heterocycles. The van der Waals surface area contributed by atoms with E-state index < -0.39 is 0 Å². The Morgan fingerprint density at radius 3 is 2.68 bits per heavy atom. The predicted molar refractivity (Wildman–Crippen MR) is 96.5 cm³/mol. The third-order valence-electron chi connectivity index (χ3n) is 4.34. The van der Waals surface area contributed by atoms with E-state index >= 15 is 0 Å². The van der Waals surface area contributed by atoms with E-state index in [0.717, 1.165) is 22.5 Å². The number of nitrogens with zero attached hydrogens (tertiary/aromatic N) is 5. The van der Waals surface area contributed by atoms with Crippen molar-refractivity contribution in [2.75, 3.05) is 7.05 Å². The highest BCUT2D eigenvalue weighted by atomic mass is 35.5. The van der Waals surface area contributed by atoms with Crippen molar-refractivity contribution in [1.29, 1.82) is 0 Å². The number of hydrogen-bond donors (Lipinski definition) is 0. The number of halogens is 1. The van der Waals surface area contributed by atoms with Gasteiger partial charge in [0.05, 0.1) is 0 Å². The van der Waals surface area contributed by atoms with Gasteiger partial charge in [-0.15, -0.1) is 0 Å². The van der Waals surface area contributed by atoms with Crippen LogP contribution in [0.5, 0.6) is 0 Å². The molecule has 6 nitrogen and oxygen atoms in total. The molecule has 7 heteroatoms. The molecule has 0 unspecified atom stereocenters. The zero-order valence-corrected chi connectivity index (χ0v) is 15.3. The summed E-state index contributed by atoms with van der Waals surface area (Å²) >= 11 is 5.89.